The second kappa shape index (κ2) is 6.24. The Morgan fingerprint density at radius 2 is 2.00 bits per heavy atom. The second-order valence-electron chi connectivity index (χ2n) is 5.01. The van der Waals surface area contributed by atoms with Gasteiger partial charge in [-0.3, -0.25) is 10.1 Å². The largest absolute Gasteiger partial charge is 0.465 e. The SMILES string of the molecule is CCCC(NC1(C)CCCC1)C(=O)OCC. The van der Waals surface area contributed by atoms with Gasteiger partial charge in [-0.15, -0.1) is 0 Å². The van der Waals surface area contributed by atoms with Gasteiger partial charge in [0.1, 0.15) is 6.04 Å². The van der Waals surface area contributed by atoms with E-state index in [4.69, 9.17) is 4.74 Å². The fourth-order valence-corrected chi connectivity index (χ4v) is 2.50. The highest BCUT2D eigenvalue weighted by Gasteiger charge is 2.33. The van der Waals surface area contributed by atoms with Gasteiger partial charge in [0.05, 0.1) is 6.61 Å². The number of ether oxygens (including phenoxy) is 1. The molecule has 0 bridgehead atoms. The van der Waals surface area contributed by atoms with Gasteiger partial charge >= 0.3 is 5.97 Å². The quantitative estimate of drug-likeness (QED) is 0.709. The van der Waals surface area contributed by atoms with Crippen molar-refractivity contribution in [3.05, 3.63) is 0 Å². The van der Waals surface area contributed by atoms with Crippen LogP contribution < -0.4 is 5.32 Å². The summed E-state index contributed by atoms with van der Waals surface area (Å²) in [6, 6.07) is -0.118. The standard InChI is InChI=1S/C13H25NO2/c1-4-8-11(12(15)16-5-2)14-13(3)9-6-7-10-13/h11,14H,4-10H2,1-3H3. The highest BCUT2D eigenvalue weighted by Crippen LogP contribution is 2.29. The van der Waals surface area contributed by atoms with E-state index in [9.17, 15) is 4.79 Å². The van der Waals surface area contributed by atoms with Crippen LogP contribution >= 0.6 is 0 Å². The summed E-state index contributed by atoms with van der Waals surface area (Å²) in [5.74, 6) is -0.0857. The molecule has 1 aliphatic rings. The van der Waals surface area contributed by atoms with Crippen molar-refractivity contribution in [2.24, 2.45) is 0 Å². The van der Waals surface area contributed by atoms with Gasteiger partial charge < -0.3 is 4.74 Å². The molecule has 1 aliphatic carbocycles. The summed E-state index contributed by atoms with van der Waals surface area (Å²) >= 11 is 0. The van der Waals surface area contributed by atoms with Crippen LogP contribution in [0.1, 0.15) is 59.3 Å². The number of carbonyl (C=O) groups is 1. The van der Waals surface area contributed by atoms with Crippen molar-refractivity contribution >= 4 is 5.97 Å². The van der Waals surface area contributed by atoms with Crippen LogP contribution in [0.4, 0.5) is 0 Å². The lowest BCUT2D eigenvalue weighted by Gasteiger charge is -2.30. The molecule has 1 unspecified atom stereocenters. The van der Waals surface area contributed by atoms with Gasteiger partial charge in [0.2, 0.25) is 0 Å². The molecular formula is C13H25NO2. The fraction of sp³-hybridized carbons (Fsp3) is 0.923. The number of hydrogen-bond acceptors (Lipinski definition) is 3. The molecule has 1 N–H and O–H groups in total. The maximum absolute atomic E-state index is 11.8. The minimum Gasteiger partial charge on any atom is -0.465 e. The molecule has 94 valence electrons. The zero-order chi connectivity index (χ0) is 12.0. The highest BCUT2D eigenvalue weighted by atomic mass is 16.5. The van der Waals surface area contributed by atoms with Crippen LogP contribution in [0.2, 0.25) is 0 Å². The third-order valence-corrected chi connectivity index (χ3v) is 3.38. The first-order valence-electron chi connectivity index (χ1n) is 6.55. The summed E-state index contributed by atoms with van der Waals surface area (Å²) < 4.78 is 5.11. The molecule has 0 radical (unpaired) electrons. The molecule has 1 atom stereocenters. The van der Waals surface area contributed by atoms with E-state index in [1.807, 2.05) is 6.92 Å². The minimum atomic E-state index is -0.118. The molecule has 0 heterocycles. The van der Waals surface area contributed by atoms with Crippen LogP contribution in [0, 0.1) is 0 Å². The first-order chi connectivity index (χ1) is 7.61. The molecule has 0 amide bonds. The Labute approximate surface area is 98.9 Å². The smallest absolute Gasteiger partial charge is 0.323 e. The van der Waals surface area contributed by atoms with Crippen LogP contribution in [-0.2, 0) is 9.53 Å². The van der Waals surface area contributed by atoms with E-state index in [2.05, 4.69) is 19.2 Å². The summed E-state index contributed by atoms with van der Waals surface area (Å²) in [4.78, 5) is 11.8. The van der Waals surface area contributed by atoms with Gasteiger partial charge in [-0.1, -0.05) is 26.2 Å². The predicted molar refractivity (Wildman–Crippen MR) is 65.3 cm³/mol. The van der Waals surface area contributed by atoms with Crippen molar-refractivity contribution in [3.8, 4) is 0 Å². The van der Waals surface area contributed by atoms with Gasteiger partial charge in [-0.05, 0) is 33.1 Å². The topological polar surface area (TPSA) is 38.3 Å². The Bertz CT molecular complexity index is 222. The van der Waals surface area contributed by atoms with Crippen molar-refractivity contribution < 1.29 is 9.53 Å². The summed E-state index contributed by atoms with van der Waals surface area (Å²) in [6.07, 6.45) is 6.76. The van der Waals surface area contributed by atoms with Crippen molar-refractivity contribution in [3.63, 3.8) is 0 Å². The van der Waals surface area contributed by atoms with Crippen molar-refractivity contribution in [1.82, 2.24) is 5.32 Å². The molecular weight excluding hydrogens is 202 g/mol. The molecule has 0 aromatic carbocycles. The summed E-state index contributed by atoms with van der Waals surface area (Å²) in [5, 5.41) is 3.50. The lowest BCUT2D eigenvalue weighted by Crippen LogP contribution is -2.50. The molecule has 1 rings (SSSR count). The second-order valence-corrected chi connectivity index (χ2v) is 5.01. The Hall–Kier alpha value is -0.570. The molecule has 3 heteroatoms. The van der Waals surface area contributed by atoms with E-state index >= 15 is 0 Å². The zero-order valence-corrected chi connectivity index (χ0v) is 10.8. The van der Waals surface area contributed by atoms with Crippen LogP contribution in [0.3, 0.4) is 0 Å². The Balaban J connectivity index is 2.52. The van der Waals surface area contributed by atoms with Crippen LogP contribution in [0.5, 0.6) is 0 Å². The van der Waals surface area contributed by atoms with Gasteiger partial charge in [0, 0.05) is 5.54 Å². The molecule has 0 aliphatic heterocycles. The van der Waals surface area contributed by atoms with E-state index in [1.165, 1.54) is 25.7 Å². The zero-order valence-electron chi connectivity index (χ0n) is 10.8. The molecule has 16 heavy (non-hydrogen) atoms. The Morgan fingerprint density at radius 3 is 2.50 bits per heavy atom. The van der Waals surface area contributed by atoms with E-state index in [0.717, 1.165) is 12.8 Å². The van der Waals surface area contributed by atoms with Gasteiger partial charge in [-0.2, -0.15) is 0 Å². The van der Waals surface area contributed by atoms with Crippen molar-refractivity contribution in [1.29, 1.82) is 0 Å². The van der Waals surface area contributed by atoms with Gasteiger partial charge in [0.25, 0.3) is 0 Å². The van der Waals surface area contributed by atoms with Crippen molar-refractivity contribution in [2.75, 3.05) is 6.61 Å². The average molecular weight is 227 g/mol. The minimum absolute atomic E-state index is 0.0857. The van der Waals surface area contributed by atoms with E-state index < -0.39 is 0 Å². The number of rotatable bonds is 6. The van der Waals surface area contributed by atoms with E-state index in [0.29, 0.717) is 6.61 Å². The molecule has 3 nitrogen and oxygen atoms in total. The van der Waals surface area contributed by atoms with Gasteiger partial charge in [0.15, 0.2) is 0 Å². The van der Waals surface area contributed by atoms with Gasteiger partial charge in [-0.25, -0.2) is 0 Å². The molecule has 0 spiro atoms. The predicted octanol–water partition coefficient (Wildman–Crippen LogP) is 2.64. The molecule has 1 fully saturated rings. The first-order valence-corrected chi connectivity index (χ1v) is 6.55. The third kappa shape index (κ3) is 3.78. The van der Waals surface area contributed by atoms with Crippen LogP contribution in [0.15, 0.2) is 0 Å². The lowest BCUT2D eigenvalue weighted by molar-refractivity contribution is -0.146. The number of esters is 1. The van der Waals surface area contributed by atoms with Crippen molar-refractivity contribution in [2.45, 2.75) is 70.9 Å². The Morgan fingerprint density at radius 1 is 1.38 bits per heavy atom. The maximum Gasteiger partial charge on any atom is 0.323 e. The molecule has 0 aromatic rings. The third-order valence-electron chi connectivity index (χ3n) is 3.38. The fourth-order valence-electron chi connectivity index (χ4n) is 2.50. The number of carbonyl (C=O) groups excluding carboxylic acids is 1. The van der Waals surface area contributed by atoms with Crippen LogP contribution in [-0.4, -0.2) is 24.2 Å². The normalized spacial score (nSPS) is 20.7. The van der Waals surface area contributed by atoms with E-state index in [-0.39, 0.29) is 17.6 Å². The number of nitrogens with one attached hydrogen (secondary N) is 1. The molecule has 0 aromatic heterocycles. The monoisotopic (exact) mass is 227 g/mol. The lowest BCUT2D eigenvalue weighted by atomic mass is 9.98. The summed E-state index contributed by atoms with van der Waals surface area (Å²) in [7, 11) is 0. The molecule has 0 saturated heterocycles. The van der Waals surface area contributed by atoms with E-state index in [1.54, 1.807) is 0 Å². The first kappa shape index (κ1) is 13.5. The maximum atomic E-state index is 11.8. The Kier molecular flexibility index (Phi) is 5.26. The summed E-state index contributed by atoms with van der Waals surface area (Å²) in [5.41, 5.74) is 0.145. The average Bonchev–Trinajstić information content (AvgIpc) is 2.65. The number of hydrogen-bond donors (Lipinski definition) is 1. The van der Waals surface area contributed by atoms with Crippen LogP contribution in [0.25, 0.3) is 0 Å². The summed E-state index contributed by atoms with van der Waals surface area (Å²) in [6.45, 7) is 6.66. The molecule has 1 saturated carbocycles. The highest BCUT2D eigenvalue weighted by molar-refractivity contribution is 5.75.